The van der Waals surface area contributed by atoms with Crippen LogP contribution in [0.15, 0.2) is 52.4 Å². The highest BCUT2D eigenvalue weighted by molar-refractivity contribution is 7.99. The molecule has 2 heterocycles. The number of nitrogens with zero attached hydrogens (tertiary/aromatic N) is 3. The molecule has 2 aromatic carbocycles. The fraction of sp³-hybridized carbons (Fsp3) is 0.292. The Hall–Kier alpha value is -3.26. The lowest BCUT2D eigenvalue weighted by atomic mass is 10.1. The van der Waals surface area contributed by atoms with Crippen LogP contribution < -0.4 is 15.6 Å². The molecule has 166 valence electrons. The first-order chi connectivity index (χ1) is 15.5. The molecule has 0 saturated carbocycles. The highest BCUT2D eigenvalue weighted by Gasteiger charge is 2.19. The fourth-order valence-electron chi connectivity index (χ4n) is 3.80. The predicted molar refractivity (Wildman–Crippen MR) is 130 cm³/mol. The largest absolute Gasteiger partial charge is 0.497 e. The van der Waals surface area contributed by atoms with Gasteiger partial charge in [-0.05, 0) is 49.2 Å². The van der Waals surface area contributed by atoms with Crippen molar-refractivity contribution in [1.82, 2.24) is 14.1 Å². The molecular formula is C24H26N4O3S. The van der Waals surface area contributed by atoms with Gasteiger partial charge in [0.1, 0.15) is 16.8 Å². The number of ether oxygens (including phenoxy) is 1. The van der Waals surface area contributed by atoms with Gasteiger partial charge in [-0.3, -0.25) is 14.2 Å². The monoisotopic (exact) mass is 450 g/mol. The van der Waals surface area contributed by atoms with Gasteiger partial charge in [0.25, 0.3) is 5.56 Å². The fourth-order valence-corrected chi connectivity index (χ4v) is 4.66. The van der Waals surface area contributed by atoms with E-state index in [9.17, 15) is 9.59 Å². The van der Waals surface area contributed by atoms with Gasteiger partial charge < -0.3 is 14.6 Å². The molecule has 4 aromatic rings. The Labute approximate surface area is 190 Å². The second-order valence-electron chi connectivity index (χ2n) is 7.47. The predicted octanol–water partition coefficient (Wildman–Crippen LogP) is 4.21. The van der Waals surface area contributed by atoms with Crippen molar-refractivity contribution in [3.05, 3.63) is 58.4 Å². The zero-order valence-corrected chi connectivity index (χ0v) is 19.5. The summed E-state index contributed by atoms with van der Waals surface area (Å²) in [5.74, 6) is 0.714. The molecule has 0 atom stereocenters. The number of benzene rings is 2. The maximum absolute atomic E-state index is 13.3. The first kappa shape index (κ1) is 22.0. The zero-order valence-electron chi connectivity index (χ0n) is 18.6. The van der Waals surface area contributed by atoms with E-state index in [1.165, 1.54) is 17.3 Å². The summed E-state index contributed by atoms with van der Waals surface area (Å²) in [4.78, 5) is 30.6. The maximum Gasteiger partial charge on any atom is 0.278 e. The molecule has 0 aliphatic rings. The molecule has 8 heteroatoms. The molecule has 0 unspecified atom stereocenters. The van der Waals surface area contributed by atoms with Crippen molar-refractivity contribution in [2.75, 3.05) is 18.2 Å². The topological polar surface area (TPSA) is 78.2 Å². The smallest absolute Gasteiger partial charge is 0.278 e. The summed E-state index contributed by atoms with van der Waals surface area (Å²) in [6.45, 7) is 4.46. The third-order valence-electron chi connectivity index (χ3n) is 5.56. The number of carbonyl (C=O) groups is 1. The number of anilines is 1. The third-order valence-corrected chi connectivity index (χ3v) is 6.54. The van der Waals surface area contributed by atoms with Gasteiger partial charge in [0.05, 0.1) is 18.4 Å². The van der Waals surface area contributed by atoms with E-state index < -0.39 is 0 Å². The van der Waals surface area contributed by atoms with E-state index >= 15 is 0 Å². The molecule has 1 N–H and O–H groups in total. The minimum Gasteiger partial charge on any atom is -0.497 e. The lowest BCUT2D eigenvalue weighted by molar-refractivity contribution is -0.113. The summed E-state index contributed by atoms with van der Waals surface area (Å²) < 4.78 is 8.84. The van der Waals surface area contributed by atoms with Crippen molar-refractivity contribution < 1.29 is 9.53 Å². The third kappa shape index (κ3) is 3.98. The van der Waals surface area contributed by atoms with Crippen LogP contribution in [0.4, 0.5) is 5.69 Å². The summed E-state index contributed by atoms with van der Waals surface area (Å²) in [7, 11) is 3.48. The van der Waals surface area contributed by atoms with Gasteiger partial charge in [0.15, 0.2) is 5.16 Å². The molecule has 1 amide bonds. The molecule has 4 rings (SSSR count). The van der Waals surface area contributed by atoms with Crippen molar-refractivity contribution in [1.29, 1.82) is 0 Å². The van der Waals surface area contributed by atoms with Crippen LogP contribution in [0.1, 0.15) is 19.4 Å². The number of rotatable bonds is 7. The number of aryl methyl sites for hydroxylation is 2. The Kier molecular flexibility index (Phi) is 6.23. The van der Waals surface area contributed by atoms with Crippen molar-refractivity contribution in [3.63, 3.8) is 0 Å². The van der Waals surface area contributed by atoms with Gasteiger partial charge in [0.2, 0.25) is 5.91 Å². The number of aromatic nitrogens is 3. The molecule has 7 nitrogen and oxygen atoms in total. The second-order valence-corrected chi connectivity index (χ2v) is 8.41. The van der Waals surface area contributed by atoms with Gasteiger partial charge in [-0.15, -0.1) is 0 Å². The Bertz CT molecular complexity index is 1360. The van der Waals surface area contributed by atoms with E-state index in [4.69, 9.17) is 9.72 Å². The van der Waals surface area contributed by atoms with Gasteiger partial charge in [-0.2, -0.15) is 0 Å². The minimum absolute atomic E-state index is 0.117. The van der Waals surface area contributed by atoms with Crippen molar-refractivity contribution in [2.24, 2.45) is 7.05 Å². The van der Waals surface area contributed by atoms with Crippen molar-refractivity contribution >= 4 is 45.3 Å². The van der Waals surface area contributed by atoms with Crippen molar-refractivity contribution in [3.8, 4) is 5.75 Å². The summed E-state index contributed by atoms with van der Waals surface area (Å²) in [6, 6.07) is 13.5. The van der Waals surface area contributed by atoms with Gasteiger partial charge in [0, 0.05) is 24.7 Å². The Morgan fingerprint density at radius 1 is 1.16 bits per heavy atom. The second kappa shape index (κ2) is 9.08. The van der Waals surface area contributed by atoms with E-state index in [0.29, 0.717) is 28.5 Å². The normalized spacial score (nSPS) is 11.2. The Morgan fingerprint density at radius 2 is 1.91 bits per heavy atom. The number of hydrogen-bond donors (Lipinski definition) is 1. The molecule has 0 fully saturated rings. The summed E-state index contributed by atoms with van der Waals surface area (Å²) >= 11 is 1.26. The molecule has 0 aliphatic heterocycles. The number of thioether (sulfide) groups is 1. The van der Waals surface area contributed by atoms with Crippen LogP contribution in [0.5, 0.6) is 5.75 Å². The van der Waals surface area contributed by atoms with E-state index in [1.54, 1.807) is 11.7 Å². The average Bonchev–Trinajstić information content (AvgIpc) is 3.09. The van der Waals surface area contributed by atoms with E-state index in [2.05, 4.69) is 12.2 Å². The number of hydrogen-bond acceptors (Lipinski definition) is 5. The number of nitrogens with one attached hydrogen (secondary N) is 1. The first-order valence-electron chi connectivity index (χ1n) is 10.5. The van der Waals surface area contributed by atoms with E-state index in [0.717, 1.165) is 23.0 Å². The molecule has 0 spiro atoms. The van der Waals surface area contributed by atoms with Gasteiger partial charge in [-0.25, -0.2) is 4.98 Å². The summed E-state index contributed by atoms with van der Waals surface area (Å²) in [5.41, 5.74) is 3.92. The van der Waals surface area contributed by atoms with Crippen molar-refractivity contribution in [2.45, 2.75) is 32.0 Å². The lowest BCUT2D eigenvalue weighted by Crippen LogP contribution is -2.24. The summed E-state index contributed by atoms with van der Waals surface area (Å²) in [5, 5.41) is 4.28. The number of fused-ring (bicyclic) bond motifs is 3. The molecule has 32 heavy (non-hydrogen) atoms. The van der Waals surface area contributed by atoms with Gasteiger partial charge in [-0.1, -0.05) is 30.8 Å². The summed E-state index contributed by atoms with van der Waals surface area (Å²) in [6.07, 6.45) is 0.951. The SMILES string of the molecule is CCc1ccc(NC(=O)CSc2nc3c4cc(OC)ccc4n(C)c3c(=O)n2CC)cc1. The number of carbonyl (C=O) groups excluding carboxylic acids is 1. The van der Waals surface area contributed by atoms with Crippen LogP contribution in [0.25, 0.3) is 21.9 Å². The lowest BCUT2D eigenvalue weighted by Gasteiger charge is -2.11. The molecule has 0 radical (unpaired) electrons. The molecule has 0 bridgehead atoms. The maximum atomic E-state index is 13.3. The average molecular weight is 451 g/mol. The first-order valence-corrected chi connectivity index (χ1v) is 11.5. The van der Waals surface area contributed by atoms with Crippen LogP contribution in [0.3, 0.4) is 0 Å². The molecular weight excluding hydrogens is 424 g/mol. The Balaban J connectivity index is 1.66. The molecule has 2 aromatic heterocycles. The zero-order chi connectivity index (χ0) is 22.8. The molecule has 0 aliphatic carbocycles. The van der Waals surface area contributed by atoms with Gasteiger partial charge >= 0.3 is 0 Å². The van der Waals surface area contributed by atoms with Crippen LogP contribution in [0.2, 0.25) is 0 Å². The van der Waals surface area contributed by atoms with Crippen LogP contribution in [0, 0.1) is 0 Å². The highest BCUT2D eigenvalue weighted by atomic mass is 32.2. The van der Waals surface area contributed by atoms with E-state index in [-0.39, 0.29) is 17.2 Å². The Morgan fingerprint density at radius 3 is 2.56 bits per heavy atom. The van der Waals surface area contributed by atoms with Crippen LogP contribution in [-0.4, -0.2) is 32.9 Å². The van der Waals surface area contributed by atoms with E-state index in [1.807, 2.05) is 61.0 Å². The minimum atomic E-state index is -0.143. The van der Waals surface area contributed by atoms with Crippen LogP contribution >= 0.6 is 11.8 Å². The highest BCUT2D eigenvalue weighted by Crippen LogP contribution is 2.30. The number of methoxy groups -OCH3 is 1. The van der Waals surface area contributed by atoms with Crippen LogP contribution in [-0.2, 0) is 24.8 Å². The quantitative estimate of drug-likeness (QED) is 0.337. The standard InChI is InChI=1S/C24H26N4O3S/c1-5-15-7-9-16(10-8-15)25-20(29)14-32-24-26-21-18-13-17(31-4)11-12-19(18)27(3)22(21)23(30)28(24)6-2/h7-13H,5-6,14H2,1-4H3,(H,25,29). The molecule has 0 saturated heterocycles. The number of amides is 1.